The molecule has 0 saturated heterocycles. The van der Waals surface area contributed by atoms with Crippen molar-refractivity contribution in [3.05, 3.63) is 0 Å². The number of aliphatic imine (C=N–C) groups is 1. The van der Waals surface area contributed by atoms with Gasteiger partial charge in [-0.1, -0.05) is 11.8 Å². The Hall–Kier alpha value is -0.430. The van der Waals surface area contributed by atoms with E-state index in [1.807, 2.05) is 0 Å². The Morgan fingerprint density at radius 1 is 1.23 bits per heavy atom. The van der Waals surface area contributed by atoms with Gasteiger partial charge in [-0.3, -0.25) is 10.4 Å². The minimum absolute atomic E-state index is 0. The second kappa shape index (κ2) is 9.66. The number of nitrogens with two attached hydrogens (primary N) is 3. The smallest absolute Gasteiger partial charge is 0.185 e. The van der Waals surface area contributed by atoms with E-state index < -0.39 is 0 Å². The second-order valence-electron chi connectivity index (χ2n) is 2.23. The molecule has 0 fully saturated rings. The number of hydrogen-bond acceptors (Lipinski definition) is 3. The summed E-state index contributed by atoms with van der Waals surface area (Å²) in [7, 11) is 0. The van der Waals surface area contributed by atoms with Gasteiger partial charge in [0.2, 0.25) is 0 Å². The van der Waals surface area contributed by atoms with Crippen molar-refractivity contribution < 1.29 is 0 Å². The van der Waals surface area contributed by atoms with Crippen LogP contribution >= 0.6 is 28.7 Å². The molecular weight excluding hydrogens is 254 g/mol. The molecule has 7 N–H and O–H groups in total. The summed E-state index contributed by atoms with van der Waals surface area (Å²) in [6.07, 6.45) is 1.90. The molecule has 0 aromatic rings. The van der Waals surface area contributed by atoms with Gasteiger partial charge in [-0.05, 0) is 12.8 Å². The average molecular weight is 270 g/mol. The lowest BCUT2D eigenvalue weighted by molar-refractivity contribution is 0.814. The lowest BCUT2D eigenvalue weighted by Crippen LogP contribution is -2.22. The van der Waals surface area contributed by atoms with Crippen molar-refractivity contribution in [2.45, 2.75) is 12.8 Å². The summed E-state index contributed by atoms with van der Waals surface area (Å²) in [6.45, 7) is 0.654. The summed E-state index contributed by atoms with van der Waals surface area (Å²) in [4.78, 5) is 3.82. The summed E-state index contributed by atoms with van der Waals surface area (Å²) in [5.41, 5.74) is 15.4. The van der Waals surface area contributed by atoms with Gasteiger partial charge in [-0.15, -0.1) is 17.0 Å². The first-order valence-electron chi connectivity index (χ1n) is 3.65. The van der Waals surface area contributed by atoms with E-state index in [9.17, 15) is 0 Å². The van der Waals surface area contributed by atoms with Crippen molar-refractivity contribution in [2.24, 2.45) is 22.2 Å². The Kier molecular flexibility index (Phi) is 11.2. The zero-order chi connectivity index (χ0) is 9.40. The highest BCUT2D eigenvalue weighted by Crippen LogP contribution is 2.02. The molecule has 5 nitrogen and oxygen atoms in total. The van der Waals surface area contributed by atoms with Crippen LogP contribution in [0.1, 0.15) is 12.8 Å². The van der Waals surface area contributed by atoms with Gasteiger partial charge < -0.3 is 17.2 Å². The summed E-state index contributed by atoms with van der Waals surface area (Å²) in [6, 6.07) is 0. The number of nitrogens with zero attached hydrogens (tertiary/aromatic N) is 1. The van der Waals surface area contributed by atoms with E-state index >= 15 is 0 Å². The van der Waals surface area contributed by atoms with E-state index in [1.54, 1.807) is 0 Å². The molecular formula is C6H16BrN5S. The minimum atomic E-state index is 0. The van der Waals surface area contributed by atoms with Crippen LogP contribution in [0, 0.1) is 5.41 Å². The molecule has 0 aromatic carbocycles. The Balaban J connectivity index is 0. The van der Waals surface area contributed by atoms with Crippen LogP contribution in [0.4, 0.5) is 0 Å². The fraction of sp³-hybridized carbons (Fsp3) is 0.667. The number of rotatable bonds is 5. The molecule has 0 aromatic heterocycles. The fourth-order valence-electron chi connectivity index (χ4n) is 0.604. The van der Waals surface area contributed by atoms with Gasteiger partial charge in [-0.25, -0.2) is 0 Å². The molecule has 13 heavy (non-hydrogen) atoms. The first kappa shape index (κ1) is 15.1. The van der Waals surface area contributed by atoms with Crippen LogP contribution in [-0.2, 0) is 0 Å². The topological polar surface area (TPSA) is 114 Å². The van der Waals surface area contributed by atoms with Gasteiger partial charge in [-0.2, -0.15) is 0 Å². The van der Waals surface area contributed by atoms with E-state index in [2.05, 4.69) is 4.99 Å². The molecule has 0 rings (SSSR count). The third-order valence-electron chi connectivity index (χ3n) is 1.10. The van der Waals surface area contributed by atoms with Crippen LogP contribution < -0.4 is 17.2 Å². The molecule has 0 heterocycles. The van der Waals surface area contributed by atoms with Gasteiger partial charge in [0.15, 0.2) is 11.1 Å². The Bertz CT molecular complexity index is 168. The summed E-state index contributed by atoms with van der Waals surface area (Å²) < 4.78 is 0. The van der Waals surface area contributed by atoms with Crippen molar-refractivity contribution in [1.82, 2.24) is 0 Å². The first-order chi connectivity index (χ1) is 5.63. The number of unbranched alkanes of at least 4 members (excludes halogenated alkanes) is 1. The van der Waals surface area contributed by atoms with Gasteiger partial charge >= 0.3 is 0 Å². The predicted molar refractivity (Wildman–Crippen MR) is 64.6 cm³/mol. The number of amidine groups is 1. The van der Waals surface area contributed by atoms with Crippen molar-refractivity contribution in [3.63, 3.8) is 0 Å². The second-order valence-corrected chi connectivity index (χ2v) is 3.36. The SMILES string of the molecule is Br.N=C(N)SCCCCN=C(N)N. The predicted octanol–water partition coefficient (Wildman–Crippen LogP) is 0.245. The summed E-state index contributed by atoms with van der Waals surface area (Å²) in [5, 5.41) is 7.08. The fourth-order valence-corrected chi connectivity index (χ4v) is 1.17. The molecule has 0 spiro atoms. The monoisotopic (exact) mass is 269 g/mol. The van der Waals surface area contributed by atoms with E-state index in [-0.39, 0.29) is 28.1 Å². The average Bonchev–Trinajstić information content (AvgIpc) is 1.95. The molecule has 7 heteroatoms. The molecule has 0 unspecified atom stereocenters. The Morgan fingerprint density at radius 2 is 1.85 bits per heavy atom. The van der Waals surface area contributed by atoms with Gasteiger partial charge in [0.05, 0.1) is 0 Å². The highest BCUT2D eigenvalue weighted by Gasteiger charge is 1.91. The number of nitrogens with one attached hydrogen (secondary N) is 1. The van der Waals surface area contributed by atoms with Crippen LogP contribution in [0.25, 0.3) is 0 Å². The normalized spacial score (nSPS) is 8.62. The van der Waals surface area contributed by atoms with Crippen molar-refractivity contribution in [2.75, 3.05) is 12.3 Å². The Labute approximate surface area is 92.8 Å². The number of hydrogen-bond donors (Lipinski definition) is 4. The van der Waals surface area contributed by atoms with Crippen molar-refractivity contribution in [3.8, 4) is 0 Å². The van der Waals surface area contributed by atoms with Crippen LogP contribution in [0.2, 0.25) is 0 Å². The molecule has 0 amide bonds. The van der Waals surface area contributed by atoms with Crippen molar-refractivity contribution >= 4 is 39.9 Å². The van der Waals surface area contributed by atoms with Gasteiger partial charge in [0, 0.05) is 12.3 Å². The molecule has 78 valence electrons. The van der Waals surface area contributed by atoms with Crippen LogP contribution in [0.15, 0.2) is 4.99 Å². The molecule has 0 bridgehead atoms. The zero-order valence-corrected chi connectivity index (χ0v) is 9.85. The van der Waals surface area contributed by atoms with Gasteiger partial charge in [0.25, 0.3) is 0 Å². The molecule has 0 saturated carbocycles. The van der Waals surface area contributed by atoms with E-state index in [0.717, 1.165) is 18.6 Å². The maximum Gasteiger partial charge on any atom is 0.185 e. The maximum absolute atomic E-state index is 6.92. The third-order valence-corrected chi connectivity index (χ3v) is 1.91. The lowest BCUT2D eigenvalue weighted by Gasteiger charge is -1.97. The number of halogens is 1. The minimum Gasteiger partial charge on any atom is -0.379 e. The number of thioether (sulfide) groups is 1. The number of guanidine groups is 1. The summed E-state index contributed by atoms with van der Waals surface area (Å²) in [5.74, 6) is 0.990. The van der Waals surface area contributed by atoms with E-state index in [1.165, 1.54) is 11.8 Å². The molecule has 0 aliphatic heterocycles. The van der Waals surface area contributed by atoms with Gasteiger partial charge in [0.1, 0.15) is 0 Å². The Morgan fingerprint density at radius 3 is 2.31 bits per heavy atom. The molecule has 0 aliphatic carbocycles. The van der Waals surface area contributed by atoms with Crippen LogP contribution in [-0.4, -0.2) is 23.4 Å². The van der Waals surface area contributed by atoms with Crippen molar-refractivity contribution in [1.29, 1.82) is 5.41 Å². The van der Waals surface area contributed by atoms with E-state index in [4.69, 9.17) is 22.6 Å². The standard InChI is InChI=1S/C6H15N5S.BrH/c7-5(8)11-3-1-2-4-12-6(9)10;/h1-4H2,(H3,9,10)(H4,7,8,11);1H. The molecule has 0 atom stereocenters. The molecule has 0 radical (unpaired) electrons. The lowest BCUT2D eigenvalue weighted by atomic mass is 10.3. The van der Waals surface area contributed by atoms with Crippen LogP contribution in [0.5, 0.6) is 0 Å². The zero-order valence-electron chi connectivity index (χ0n) is 7.32. The van der Waals surface area contributed by atoms with Crippen LogP contribution in [0.3, 0.4) is 0 Å². The highest BCUT2D eigenvalue weighted by molar-refractivity contribution is 8.93. The maximum atomic E-state index is 6.92. The quantitative estimate of drug-likeness (QED) is 0.325. The summed E-state index contributed by atoms with van der Waals surface area (Å²) >= 11 is 1.34. The van der Waals surface area contributed by atoms with E-state index in [0.29, 0.717) is 6.54 Å². The highest BCUT2D eigenvalue weighted by atomic mass is 79.9. The first-order valence-corrected chi connectivity index (χ1v) is 4.63. The largest absolute Gasteiger partial charge is 0.379 e. The third kappa shape index (κ3) is 14.4. The molecule has 0 aliphatic rings.